The van der Waals surface area contributed by atoms with Gasteiger partial charge in [-0.3, -0.25) is 4.79 Å². The highest BCUT2D eigenvalue weighted by Crippen LogP contribution is 2.39. The number of thiophene rings is 1. The molecule has 1 aromatic carbocycles. The van der Waals surface area contributed by atoms with Crippen LogP contribution in [-0.4, -0.2) is 5.91 Å². The summed E-state index contributed by atoms with van der Waals surface area (Å²) >= 11 is 8.62. The first-order valence-electron chi connectivity index (χ1n) is 5.63. The van der Waals surface area contributed by atoms with Crippen LogP contribution >= 0.6 is 43.2 Å². The summed E-state index contributed by atoms with van der Waals surface area (Å²) in [6, 6.07) is 5.87. The molecule has 0 fully saturated rings. The first kappa shape index (κ1) is 13.1. The predicted molar refractivity (Wildman–Crippen MR) is 87.4 cm³/mol. The van der Waals surface area contributed by atoms with Gasteiger partial charge >= 0.3 is 0 Å². The zero-order valence-electron chi connectivity index (χ0n) is 9.96. The molecule has 5 heteroatoms. The number of carbonyl (C=O) groups excluding carboxylic acids is 1. The SMILES string of the molecule is Cc1c(Br)ccc2c1C(=Cc1sccc1Br)C(=O)N2. The third-order valence-electron chi connectivity index (χ3n) is 3.08. The number of anilines is 1. The van der Waals surface area contributed by atoms with Gasteiger partial charge in [0.05, 0.1) is 5.57 Å². The molecule has 19 heavy (non-hydrogen) atoms. The Bertz CT molecular complexity index is 718. The van der Waals surface area contributed by atoms with E-state index in [1.165, 1.54) is 0 Å². The third kappa shape index (κ3) is 2.20. The summed E-state index contributed by atoms with van der Waals surface area (Å²) in [5.74, 6) is -0.0449. The van der Waals surface area contributed by atoms with E-state index in [1.54, 1.807) is 11.3 Å². The van der Waals surface area contributed by atoms with Crippen molar-refractivity contribution in [2.75, 3.05) is 5.32 Å². The first-order valence-corrected chi connectivity index (χ1v) is 8.10. The molecule has 1 aliphatic rings. The number of nitrogens with one attached hydrogen (secondary N) is 1. The molecule has 1 amide bonds. The van der Waals surface area contributed by atoms with Gasteiger partial charge in [0.25, 0.3) is 5.91 Å². The van der Waals surface area contributed by atoms with Crippen molar-refractivity contribution in [3.05, 3.63) is 48.5 Å². The van der Waals surface area contributed by atoms with Gasteiger partial charge in [0, 0.05) is 25.1 Å². The van der Waals surface area contributed by atoms with Crippen LogP contribution < -0.4 is 5.32 Å². The van der Waals surface area contributed by atoms with E-state index in [0.29, 0.717) is 0 Å². The fourth-order valence-corrected chi connectivity index (χ4v) is 3.87. The number of amides is 1. The van der Waals surface area contributed by atoms with Crippen LogP contribution in [0, 0.1) is 6.92 Å². The van der Waals surface area contributed by atoms with Gasteiger partial charge in [-0.05, 0) is 58.1 Å². The van der Waals surface area contributed by atoms with Crippen LogP contribution in [0.3, 0.4) is 0 Å². The molecule has 2 nitrogen and oxygen atoms in total. The van der Waals surface area contributed by atoms with Gasteiger partial charge < -0.3 is 5.32 Å². The van der Waals surface area contributed by atoms with Gasteiger partial charge in [-0.1, -0.05) is 15.9 Å². The van der Waals surface area contributed by atoms with Crippen LogP contribution in [-0.2, 0) is 4.79 Å². The highest BCUT2D eigenvalue weighted by molar-refractivity contribution is 9.10. The van der Waals surface area contributed by atoms with Crippen molar-refractivity contribution < 1.29 is 4.79 Å². The van der Waals surface area contributed by atoms with Crippen molar-refractivity contribution in [2.24, 2.45) is 0 Å². The summed E-state index contributed by atoms with van der Waals surface area (Å²) in [5, 5.41) is 4.91. The molecule has 1 aromatic heterocycles. The molecule has 2 heterocycles. The first-order chi connectivity index (χ1) is 9.08. The highest BCUT2D eigenvalue weighted by atomic mass is 79.9. The van der Waals surface area contributed by atoms with Crippen LogP contribution in [0.25, 0.3) is 11.6 Å². The Kier molecular flexibility index (Phi) is 3.37. The molecule has 0 bridgehead atoms. The molecule has 1 N–H and O–H groups in total. The summed E-state index contributed by atoms with van der Waals surface area (Å²) in [6.45, 7) is 2.01. The van der Waals surface area contributed by atoms with Crippen LogP contribution in [0.5, 0.6) is 0 Å². The summed E-state index contributed by atoms with van der Waals surface area (Å²) in [6.07, 6.45) is 1.94. The number of rotatable bonds is 1. The van der Waals surface area contributed by atoms with Gasteiger partial charge in [0.1, 0.15) is 0 Å². The molecule has 0 saturated heterocycles. The molecular formula is C14H9Br2NOS. The van der Waals surface area contributed by atoms with Gasteiger partial charge in [0.2, 0.25) is 0 Å². The van der Waals surface area contributed by atoms with Crippen molar-refractivity contribution in [1.29, 1.82) is 0 Å². The fraction of sp³-hybridized carbons (Fsp3) is 0.0714. The van der Waals surface area contributed by atoms with Gasteiger partial charge in [0.15, 0.2) is 0 Å². The fourth-order valence-electron chi connectivity index (χ4n) is 2.12. The number of benzene rings is 1. The second kappa shape index (κ2) is 4.89. The lowest BCUT2D eigenvalue weighted by Crippen LogP contribution is -2.03. The molecule has 0 saturated carbocycles. The van der Waals surface area contributed by atoms with Gasteiger partial charge in [-0.2, -0.15) is 0 Å². The molecule has 0 radical (unpaired) electrons. The van der Waals surface area contributed by atoms with Gasteiger partial charge in [-0.15, -0.1) is 11.3 Å². The Labute approximate surface area is 131 Å². The summed E-state index contributed by atoms with van der Waals surface area (Å²) in [5.41, 5.74) is 3.66. The smallest absolute Gasteiger partial charge is 0.256 e. The standard InChI is InChI=1S/C14H9Br2NOS/c1-7-9(15)2-3-11-13(7)8(14(18)17-11)6-12-10(16)4-5-19-12/h2-6H,1H3,(H,17,18). The molecular weight excluding hydrogens is 390 g/mol. The maximum Gasteiger partial charge on any atom is 0.256 e. The highest BCUT2D eigenvalue weighted by Gasteiger charge is 2.26. The van der Waals surface area contributed by atoms with E-state index in [-0.39, 0.29) is 5.91 Å². The molecule has 0 spiro atoms. The van der Waals surface area contributed by atoms with E-state index in [1.807, 2.05) is 36.6 Å². The van der Waals surface area contributed by atoms with Crippen molar-refractivity contribution in [3.63, 3.8) is 0 Å². The average molecular weight is 399 g/mol. The third-order valence-corrected chi connectivity index (χ3v) is 5.76. The Morgan fingerprint density at radius 3 is 2.68 bits per heavy atom. The second-order valence-electron chi connectivity index (χ2n) is 4.24. The van der Waals surface area contributed by atoms with E-state index in [0.717, 1.165) is 36.2 Å². The largest absolute Gasteiger partial charge is 0.321 e. The molecule has 0 unspecified atom stereocenters. The van der Waals surface area contributed by atoms with E-state index in [9.17, 15) is 4.79 Å². The number of carbonyl (C=O) groups is 1. The van der Waals surface area contributed by atoms with Crippen LogP contribution in [0.2, 0.25) is 0 Å². The van der Waals surface area contributed by atoms with Crippen molar-refractivity contribution in [2.45, 2.75) is 6.92 Å². The molecule has 3 rings (SSSR count). The monoisotopic (exact) mass is 397 g/mol. The predicted octanol–water partition coefficient (Wildman–Crippen LogP) is 5.07. The zero-order chi connectivity index (χ0) is 13.6. The Balaban J connectivity index is 2.21. The van der Waals surface area contributed by atoms with Crippen LogP contribution in [0.4, 0.5) is 5.69 Å². The summed E-state index contributed by atoms with van der Waals surface area (Å²) < 4.78 is 2.03. The lowest BCUT2D eigenvalue weighted by atomic mass is 10.0. The van der Waals surface area contributed by atoms with Crippen molar-refractivity contribution in [1.82, 2.24) is 0 Å². The molecule has 0 atom stereocenters. The quantitative estimate of drug-likeness (QED) is 0.667. The minimum absolute atomic E-state index is 0.0449. The minimum atomic E-state index is -0.0449. The Hall–Kier alpha value is -0.910. The van der Waals surface area contributed by atoms with Crippen LogP contribution in [0.15, 0.2) is 32.5 Å². The molecule has 96 valence electrons. The lowest BCUT2D eigenvalue weighted by Gasteiger charge is -2.05. The maximum atomic E-state index is 12.1. The van der Waals surface area contributed by atoms with E-state index in [2.05, 4.69) is 37.2 Å². The topological polar surface area (TPSA) is 29.1 Å². The maximum absolute atomic E-state index is 12.1. The van der Waals surface area contributed by atoms with Crippen molar-refractivity contribution in [3.8, 4) is 0 Å². The van der Waals surface area contributed by atoms with Gasteiger partial charge in [-0.25, -0.2) is 0 Å². The molecule has 2 aromatic rings. The minimum Gasteiger partial charge on any atom is -0.321 e. The lowest BCUT2D eigenvalue weighted by molar-refractivity contribution is -0.110. The molecule has 0 aliphatic carbocycles. The number of hydrogen-bond donors (Lipinski definition) is 1. The Morgan fingerprint density at radius 2 is 2.00 bits per heavy atom. The van der Waals surface area contributed by atoms with E-state index < -0.39 is 0 Å². The van der Waals surface area contributed by atoms with Crippen LogP contribution in [0.1, 0.15) is 16.0 Å². The zero-order valence-corrected chi connectivity index (χ0v) is 13.9. The number of hydrogen-bond acceptors (Lipinski definition) is 2. The number of fused-ring (bicyclic) bond motifs is 1. The Morgan fingerprint density at radius 1 is 1.21 bits per heavy atom. The molecule has 1 aliphatic heterocycles. The van der Waals surface area contributed by atoms with Crippen molar-refractivity contribution >= 4 is 66.4 Å². The normalized spacial score (nSPS) is 15.7. The summed E-state index contributed by atoms with van der Waals surface area (Å²) in [7, 11) is 0. The second-order valence-corrected chi connectivity index (χ2v) is 6.90. The average Bonchev–Trinajstić information content (AvgIpc) is 2.91. The number of halogens is 2. The van der Waals surface area contributed by atoms with E-state index >= 15 is 0 Å². The summed E-state index contributed by atoms with van der Waals surface area (Å²) in [4.78, 5) is 13.2. The van der Waals surface area contributed by atoms with E-state index in [4.69, 9.17) is 0 Å².